The van der Waals surface area contributed by atoms with Gasteiger partial charge in [0.1, 0.15) is 11.5 Å². The number of benzene rings is 2. The van der Waals surface area contributed by atoms with E-state index in [9.17, 15) is 9.59 Å². The molecule has 0 unspecified atom stereocenters. The molecule has 2 aromatic rings. The number of anilines is 1. The maximum absolute atomic E-state index is 12.4. The summed E-state index contributed by atoms with van der Waals surface area (Å²) in [6.07, 6.45) is 0.274. The van der Waals surface area contributed by atoms with Crippen molar-refractivity contribution in [1.29, 1.82) is 0 Å². The minimum absolute atomic E-state index is 0.274. The standard InChI is InChI=1S/C17H16ClNO4/c1-3-16(20)23-13-6-4-5-12(10-13)19-17(21)14-9-11(18)7-8-15(14)22-2/h4-10H,3H2,1-2H3,(H,19,21). The molecule has 0 atom stereocenters. The van der Waals surface area contributed by atoms with E-state index in [1.807, 2.05) is 0 Å². The van der Waals surface area contributed by atoms with E-state index in [4.69, 9.17) is 21.1 Å². The van der Waals surface area contributed by atoms with E-state index < -0.39 is 0 Å². The highest BCUT2D eigenvalue weighted by Gasteiger charge is 2.13. The first-order valence-corrected chi connectivity index (χ1v) is 7.37. The van der Waals surface area contributed by atoms with Gasteiger partial charge in [0.05, 0.1) is 12.7 Å². The molecule has 0 aliphatic carbocycles. The third kappa shape index (κ3) is 4.47. The summed E-state index contributed by atoms with van der Waals surface area (Å²) in [5.74, 6) is 0.0708. The number of amides is 1. The molecule has 0 aliphatic heterocycles. The Labute approximate surface area is 139 Å². The predicted octanol–water partition coefficient (Wildman–Crippen LogP) is 3.92. The Morgan fingerprint density at radius 1 is 1.17 bits per heavy atom. The molecule has 1 amide bonds. The number of esters is 1. The lowest BCUT2D eigenvalue weighted by molar-refractivity contribution is -0.134. The van der Waals surface area contributed by atoms with Crippen molar-refractivity contribution in [3.63, 3.8) is 0 Å². The van der Waals surface area contributed by atoms with Gasteiger partial charge in [0.15, 0.2) is 0 Å². The van der Waals surface area contributed by atoms with Crippen molar-refractivity contribution in [2.75, 3.05) is 12.4 Å². The lowest BCUT2D eigenvalue weighted by Crippen LogP contribution is -2.13. The molecule has 2 rings (SSSR count). The van der Waals surface area contributed by atoms with Gasteiger partial charge in [-0.3, -0.25) is 9.59 Å². The molecule has 0 saturated heterocycles. The van der Waals surface area contributed by atoms with E-state index in [2.05, 4.69) is 5.32 Å². The Hall–Kier alpha value is -2.53. The average molecular weight is 334 g/mol. The van der Waals surface area contributed by atoms with Gasteiger partial charge in [-0.25, -0.2) is 0 Å². The van der Waals surface area contributed by atoms with Crippen LogP contribution in [-0.4, -0.2) is 19.0 Å². The fourth-order valence-corrected chi connectivity index (χ4v) is 2.07. The Kier molecular flexibility index (Phi) is 5.60. The monoisotopic (exact) mass is 333 g/mol. The first kappa shape index (κ1) is 16.8. The van der Waals surface area contributed by atoms with Crippen LogP contribution in [0.15, 0.2) is 42.5 Å². The zero-order valence-electron chi connectivity index (χ0n) is 12.8. The first-order valence-electron chi connectivity index (χ1n) is 6.99. The first-order chi connectivity index (χ1) is 11.0. The van der Waals surface area contributed by atoms with Gasteiger partial charge < -0.3 is 14.8 Å². The maximum Gasteiger partial charge on any atom is 0.310 e. The predicted molar refractivity (Wildman–Crippen MR) is 88.3 cm³/mol. The minimum atomic E-state index is -0.372. The highest BCUT2D eigenvalue weighted by Crippen LogP contribution is 2.24. The van der Waals surface area contributed by atoms with Gasteiger partial charge in [0, 0.05) is 23.2 Å². The molecule has 23 heavy (non-hydrogen) atoms. The van der Waals surface area contributed by atoms with Crippen LogP contribution < -0.4 is 14.8 Å². The lowest BCUT2D eigenvalue weighted by Gasteiger charge is -2.10. The van der Waals surface area contributed by atoms with E-state index in [0.717, 1.165) is 0 Å². The summed E-state index contributed by atoms with van der Waals surface area (Å²) in [4.78, 5) is 23.7. The van der Waals surface area contributed by atoms with Crippen LogP contribution in [0.4, 0.5) is 5.69 Å². The van der Waals surface area contributed by atoms with Crippen molar-refractivity contribution >= 4 is 29.2 Å². The second-order valence-electron chi connectivity index (χ2n) is 4.65. The van der Waals surface area contributed by atoms with Gasteiger partial charge in [-0.15, -0.1) is 0 Å². The molecule has 0 aliphatic rings. The molecule has 0 spiro atoms. The van der Waals surface area contributed by atoms with Crippen molar-refractivity contribution in [3.8, 4) is 11.5 Å². The number of methoxy groups -OCH3 is 1. The number of carbonyl (C=O) groups is 2. The van der Waals surface area contributed by atoms with E-state index in [0.29, 0.717) is 27.8 Å². The number of halogens is 1. The summed E-state index contributed by atoms with van der Waals surface area (Å²) in [5.41, 5.74) is 0.814. The quantitative estimate of drug-likeness (QED) is 0.665. The fourth-order valence-electron chi connectivity index (χ4n) is 1.90. The van der Waals surface area contributed by atoms with E-state index in [1.165, 1.54) is 13.2 Å². The molecule has 0 aromatic heterocycles. The Morgan fingerprint density at radius 2 is 1.96 bits per heavy atom. The van der Waals surface area contributed by atoms with Crippen molar-refractivity contribution < 1.29 is 19.1 Å². The molecule has 0 heterocycles. The molecule has 0 fully saturated rings. The van der Waals surface area contributed by atoms with Crippen molar-refractivity contribution in [2.24, 2.45) is 0 Å². The third-order valence-electron chi connectivity index (χ3n) is 3.02. The van der Waals surface area contributed by atoms with Crippen LogP contribution in [0.5, 0.6) is 11.5 Å². The third-order valence-corrected chi connectivity index (χ3v) is 3.25. The lowest BCUT2D eigenvalue weighted by atomic mass is 10.2. The van der Waals surface area contributed by atoms with E-state index in [-0.39, 0.29) is 18.3 Å². The molecule has 1 N–H and O–H groups in total. The van der Waals surface area contributed by atoms with Gasteiger partial charge in [-0.1, -0.05) is 24.6 Å². The molecule has 120 valence electrons. The number of carbonyl (C=O) groups excluding carboxylic acids is 2. The van der Waals surface area contributed by atoms with Crippen molar-refractivity contribution in [2.45, 2.75) is 13.3 Å². The zero-order chi connectivity index (χ0) is 16.8. The molecule has 5 nitrogen and oxygen atoms in total. The molecule has 0 saturated carbocycles. The van der Waals surface area contributed by atoms with E-state index >= 15 is 0 Å². The normalized spacial score (nSPS) is 10.0. The summed E-state index contributed by atoms with van der Waals surface area (Å²) in [7, 11) is 1.48. The van der Waals surface area contributed by atoms with Gasteiger partial charge in [0.25, 0.3) is 5.91 Å². The molecular weight excluding hydrogens is 318 g/mol. The number of ether oxygens (including phenoxy) is 2. The van der Waals surface area contributed by atoms with Crippen LogP contribution in [0, 0.1) is 0 Å². The summed E-state index contributed by atoms with van der Waals surface area (Å²) >= 11 is 5.93. The number of rotatable bonds is 5. The number of hydrogen-bond donors (Lipinski definition) is 1. The Balaban J connectivity index is 2.19. The van der Waals surface area contributed by atoms with Crippen LogP contribution >= 0.6 is 11.6 Å². The van der Waals surface area contributed by atoms with Gasteiger partial charge in [0.2, 0.25) is 0 Å². The summed E-state index contributed by atoms with van der Waals surface area (Å²) < 4.78 is 10.3. The maximum atomic E-state index is 12.4. The fraction of sp³-hybridized carbons (Fsp3) is 0.176. The summed E-state index contributed by atoms with van der Waals surface area (Å²) in [6, 6.07) is 11.4. The SMILES string of the molecule is CCC(=O)Oc1cccc(NC(=O)c2cc(Cl)ccc2OC)c1. The van der Waals surface area contributed by atoms with E-state index in [1.54, 1.807) is 43.3 Å². The van der Waals surface area contributed by atoms with Crippen molar-refractivity contribution in [3.05, 3.63) is 53.1 Å². The van der Waals surface area contributed by atoms with Crippen molar-refractivity contribution in [1.82, 2.24) is 0 Å². The average Bonchev–Trinajstić information content (AvgIpc) is 2.55. The van der Waals surface area contributed by atoms with Gasteiger partial charge in [-0.05, 0) is 30.3 Å². The van der Waals surface area contributed by atoms with Crippen LogP contribution in [0.2, 0.25) is 5.02 Å². The topological polar surface area (TPSA) is 64.6 Å². The summed E-state index contributed by atoms with van der Waals surface area (Å²) in [5, 5.41) is 3.15. The molecular formula is C17H16ClNO4. The zero-order valence-corrected chi connectivity index (χ0v) is 13.5. The second-order valence-corrected chi connectivity index (χ2v) is 5.09. The number of nitrogens with one attached hydrogen (secondary N) is 1. The van der Waals surface area contributed by atoms with Crippen LogP contribution in [0.3, 0.4) is 0 Å². The van der Waals surface area contributed by atoms with Gasteiger partial charge in [-0.2, -0.15) is 0 Å². The van der Waals surface area contributed by atoms with Crippen LogP contribution in [-0.2, 0) is 4.79 Å². The second kappa shape index (κ2) is 7.65. The van der Waals surface area contributed by atoms with Gasteiger partial charge >= 0.3 is 5.97 Å². The largest absolute Gasteiger partial charge is 0.496 e. The Bertz CT molecular complexity index is 730. The molecule has 6 heteroatoms. The molecule has 0 bridgehead atoms. The highest BCUT2D eigenvalue weighted by atomic mass is 35.5. The highest BCUT2D eigenvalue weighted by molar-refractivity contribution is 6.31. The smallest absolute Gasteiger partial charge is 0.310 e. The minimum Gasteiger partial charge on any atom is -0.496 e. The van der Waals surface area contributed by atoms with Crippen LogP contribution in [0.25, 0.3) is 0 Å². The van der Waals surface area contributed by atoms with Crippen LogP contribution in [0.1, 0.15) is 23.7 Å². The molecule has 0 radical (unpaired) electrons. The number of hydrogen-bond acceptors (Lipinski definition) is 4. The molecule has 2 aromatic carbocycles. The Morgan fingerprint density at radius 3 is 2.65 bits per heavy atom. The summed E-state index contributed by atoms with van der Waals surface area (Å²) in [6.45, 7) is 1.71.